The van der Waals surface area contributed by atoms with Crippen LogP contribution in [0.2, 0.25) is 0 Å². The van der Waals surface area contributed by atoms with Gasteiger partial charge in [-0.3, -0.25) is 29.1 Å². The number of nitrogens with zero attached hydrogens (tertiary/aromatic N) is 2. The maximum Gasteiger partial charge on any atom is 0.255 e. The van der Waals surface area contributed by atoms with Gasteiger partial charge in [0, 0.05) is 36.0 Å². The summed E-state index contributed by atoms with van der Waals surface area (Å²) in [6.07, 6.45) is 3.08. The predicted molar refractivity (Wildman–Crippen MR) is 140 cm³/mol. The summed E-state index contributed by atoms with van der Waals surface area (Å²) >= 11 is 0. The van der Waals surface area contributed by atoms with Crippen molar-refractivity contribution in [3.63, 3.8) is 0 Å². The van der Waals surface area contributed by atoms with Gasteiger partial charge < -0.3 is 31.5 Å². The predicted octanol–water partition coefficient (Wildman–Crippen LogP) is 0.289. The van der Waals surface area contributed by atoms with Gasteiger partial charge in [-0.15, -0.1) is 0 Å². The number of ketones is 2. The Morgan fingerprint density at radius 1 is 1.12 bits per heavy atom. The van der Waals surface area contributed by atoms with Gasteiger partial charge in [-0.25, -0.2) is 0 Å². The first-order valence-electron chi connectivity index (χ1n) is 12.6. The number of aliphatic hydroxyl groups is 3. The number of hydrogen-bond donors (Lipinski definition) is 6. The van der Waals surface area contributed by atoms with Gasteiger partial charge in [0.05, 0.1) is 11.6 Å². The van der Waals surface area contributed by atoms with Gasteiger partial charge in [-0.1, -0.05) is 6.07 Å². The Kier molecular flexibility index (Phi) is 6.47. The van der Waals surface area contributed by atoms with E-state index in [9.17, 15) is 39.6 Å². The minimum Gasteiger partial charge on any atom is -0.508 e. The van der Waals surface area contributed by atoms with Crippen molar-refractivity contribution in [2.24, 2.45) is 17.6 Å². The zero-order valence-electron chi connectivity index (χ0n) is 21.7. The van der Waals surface area contributed by atoms with E-state index in [-0.39, 0.29) is 42.2 Å². The number of pyridine rings is 1. The topological polar surface area (TPSA) is 203 Å². The summed E-state index contributed by atoms with van der Waals surface area (Å²) in [5.41, 5.74) is 2.96. The van der Waals surface area contributed by atoms with Gasteiger partial charge in [0.15, 0.2) is 11.4 Å². The third-order valence-electron chi connectivity index (χ3n) is 8.08. The third kappa shape index (κ3) is 3.87. The molecule has 208 valence electrons. The molecule has 0 unspecified atom stereocenters. The van der Waals surface area contributed by atoms with Gasteiger partial charge in [0.1, 0.15) is 22.8 Å². The van der Waals surface area contributed by atoms with Crippen LogP contribution >= 0.6 is 0 Å². The first-order chi connectivity index (χ1) is 18.9. The van der Waals surface area contributed by atoms with Crippen molar-refractivity contribution in [3.05, 3.63) is 75.8 Å². The highest BCUT2D eigenvalue weighted by molar-refractivity contribution is 6.24. The Hall–Kier alpha value is -4.55. The van der Waals surface area contributed by atoms with Crippen LogP contribution in [0.3, 0.4) is 0 Å². The van der Waals surface area contributed by atoms with Crippen LogP contribution in [0.5, 0.6) is 5.75 Å². The number of Topliss-reactive ketones (excluding diaryl/α,β-unsaturated/α-hetero) is 2. The number of phenols is 1. The summed E-state index contributed by atoms with van der Waals surface area (Å²) in [6.45, 7) is 0.0464. The number of amides is 2. The number of likely N-dealkylation sites (N-methyl/N-ethyl adjacent to an activating group) is 1. The molecule has 0 spiro atoms. The van der Waals surface area contributed by atoms with Crippen molar-refractivity contribution in [2.45, 2.75) is 31.0 Å². The number of nitrogens with two attached hydrogens (primary N) is 1. The molecule has 3 aliphatic carbocycles. The number of primary amides is 1. The summed E-state index contributed by atoms with van der Waals surface area (Å²) in [4.78, 5) is 57.1. The molecule has 4 atom stereocenters. The number of phenolic OH excluding ortho intramolecular Hbond substituents is 1. The number of aliphatic hydroxyl groups excluding tert-OH is 2. The van der Waals surface area contributed by atoms with Gasteiger partial charge in [0.25, 0.3) is 11.8 Å². The molecule has 2 amide bonds. The van der Waals surface area contributed by atoms with Gasteiger partial charge in [-0.05, 0) is 62.2 Å². The summed E-state index contributed by atoms with van der Waals surface area (Å²) in [5, 5.41) is 47.3. The van der Waals surface area contributed by atoms with Crippen LogP contribution in [-0.2, 0) is 27.3 Å². The summed E-state index contributed by atoms with van der Waals surface area (Å²) < 4.78 is 0. The molecule has 0 saturated heterocycles. The van der Waals surface area contributed by atoms with Crippen LogP contribution in [0.15, 0.2) is 53.6 Å². The quantitative estimate of drug-likeness (QED) is 0.282. The average Bonchev–Trinajstić information content (AvgIpc) is 2.90. The largest absolute Gasteiger partial charge is 0.508 e. The Morgan fingerprint density at radius 3 is 2.42 bits per heavy atom. The lowest BCUT2D eigenvalue weighted by molar-refractivity contribution is -0.153. The molecule has 1 fully saturated rings. The van der Waals surface area contributed by atoms with E-state index in [1.807, 2.05) is 0 Å². The molecule has 2 aromatic rings. The highest BCUT2D eigenvalue weighted by Crippen LogP contribution is 2.52. The van der Waals surface area contributed by atoms with Crippen LogP contribution in [0.1, 0.15) is 33.5 Å². The van der Waals surface area contributed by atoms with Crippen molar-refractivity contribution in [1.29, 1.82) is 0 Å². The average molecular weight is 549 g/mol. The lowest BCUT2D eigenvalue weighted by atomic mass is 9.57. The first-order valence-corrected chi connectivity index (χ1v) is 12.6. The number of aromatic hydroxyl groups is 1. The van der Waals surface area contributed by atoms with E-state index in [2.05, 4.69) is 10.3 Å². The van der Waals surface area contributed by atoms with E-state index in [1.165, 1.54) is 37.5 Å². The van der Waals surface area contributed by atoms with Gasteiger partial charge >= 0.3 is 0 Å². The number of nitrogens with one attached hydrogen (secondary N) is 1. The first kappa shape index (κ1) is 27.0. The van der Waals surface area contributed by atoms with Crippen molar-refractivity contribution in [3.8, 4) is 5.75 Å². The number of carbonyl (C=O) groups is 4. The standard InChI is InChI=1S/C28H28N4O8/c1-32(2)21-16-10-14-9-15-13(11-31-27(39)12-5-7-30-8-6-12)3-4-17(33)19(15)22(34)18(14)24(36)28(16,40)25(37)20(23(21)35)26(29)38/h3-8,14,16,21,33-34,37,40H,9-11H2,1-2H3,(H2,29,38)(H,31,39)/t14-,16-,21-,28-/m0/s1. The lowest BCUT2D eigenvalue weighted by Crippen LogP contribution is -2.65. The summed E-state index contributed by atoms with van der Waals surface area (Å²) in [5.74, 6) is -7.48. The monoisotopic (exact) mass is 548 g/mol. The smallest absolute Gasteiger partial charge is 0.255 e. The molecular formula is C28H28N4O8. The van der Waals surface area contributed by atoms with Crippen LogP contribution < -0.4 is 11.1 Å². The minimum atomic E-state index is -2.70. The number of rotatable bonds is 5. The molecule has 7 N–H and O–H groups in total. The Balaban J connectivity index is 1.59. The number of hydrogen-bond acceptors (Lipinski definition) is 10. The Morgan fingerprint density at radius 2 is 1.80 bits per heavy atom. The van der Waals surface area contributed by atoms with Crippen LogP contribution in [0.4, 0.5) is 0 Å². The molecule has 0 aliphatic heterocycles. The molecule has 0 bridgehead atoms. The van der Waals surface area contributed by atoms with Crippen LogP contribution in [0.25, 0.3) is 5.76 Å². The van der Waals surface area contributed by atoms with Crippen molar-refractivity contribution < 1.29 is 39.6 Å². The van der Waals surface area contributed by atoms with E-state index in [0.717, 1.165) is 0 Å². The molecule has 3 aliphatic rings. The molecule has 1 aromatic heterocycles. The Labute approximate surface area is 228 Å². The molecular weight excluding hydrogens is 520 g/mol. The zero-order chi connectivity index (χ0) is 29.1. The van der Waals surface area contributed by atoms with Crippen LogP contribution in [0, 0.1) is 11.8 Å². The molecule has 5 rings (SSSR count). The maximum atomic E-state index is 13.9. The van der Waals surface area contributed by atoms with E-state index in [0.29, 0.717) is 16.7 Å². The highest BCUT2D eigenvalue weighted by Gasteiger charge is 2.64. The van der Waals surface area contributed by atoms with Crippen molar-refractivity contribution in [2.75, 3.05) is 14.1 Å². The zero-order valence-corrected chi connectivity index (χ0v) is 21.7. The molecule has 40 heavy (non-hydrogen) atoms. The lowest BCUT2D eigenvalue weighted by Gasteiger charge is -2.50. The summed E-state index contributed by atoms with van der Waals surface area (Å²) in [6, 6.07) is 4.86. The van der Waals surface area contributed by atoms with Crippen molar-refractivity contribution >= 4 is 29.1 Å². The fourth-order valence-electron chi connectivity index (χ4n) is 6.25. The van der Waals surface area contributed by atoms with Gasteiger partial charge in [-0.2, -0.15) is 0 Å². The number of aromatic nitrogens is 1. The number of fused-ring (bicyclic) bond motifs is 3. The van der Waals surface area contributed by atoms with Crippen molar-refractivity contribution in [1.82, 2.24) is 15.2 Å². The van der Waals surface area contributed by atoms with Crippen LogP contribution in [-0.4, -0.2) is 79.4 Å². The molecule has 1 heterocycles. The van der Waals surface area contributed by atoms with E-state index in [4.69, 9.17) is 5.73 Å². The molecule has 1 aromatic carbocycles. The number of benzene rings is 1. The molecule has 12 heteroatoms. The Bertz CT molecular complexity index is 1530. The third-order valence-corrected chi connectivity index (χ3v) is 8.08. The second kappa shape index (κ2) is 9.57. The fraction of sp³-hybridized carbons (Fsp3) is 0.321. The maximum absolute atomic E-state index is 13.9. The SMILES string of the molecule is CN(C)[C@@H]1C(=O)C(C(N)=O)=C(O)[C@@]2(O)C(=O)C3=C(O)c4c(O)ccc(CNC(=O)c5ccncc5)c4C[C@H]3C[C@@H]12. The van der Waals surface area contributed by atoms with E-state index in [1.54, 1.807) is 18.2 Å². The number of carbonyl (C=O) groups excluding carboxylic acids is 4. The second-order valence-electron chi connectivity index (χ2n) is 10.5. The highest BCUT2D eigenvalue weighted by atomic mass is 16.3. The molecule has 12 nitrogen and oxygen atoms in total. The van der Waals surface area contributed by atoms with E-state index >= 15 is 0 Å². The minimum absolute atomic E-state index is 0.0236. The van der Waals surface area contributed by atoms with E-state index < -0.39 is 58.0 Å². The van der Waals surface area contributed by atoms with Gasteiger partial charge in [0.2, 0.25) is 5.78 Å². The molecule has 0 radical (unpaired) electrons. The fourth-order valence-corrected chi connectivity index (χ4v) is 6.25. The summed E-state index contributed by atoms with van der Waals surface area (Å²) in [7, 11) is 3.07. The normalized spacial score (nSPS) is 25.9. The second-order valence-corrected chi connectivity index (χ2v) is 10.5. The molecule has 1 saturated carbocycles.